The molecule has 0 atom stereocenters. The minimum Gasteiger partial charge on any atom is -0.417 e. The van der Waals surface area contributed by atoms with E-state index in [1.165, 1.54) is 6.07 Å². The number of pyridine rings is 1. The van der Waals surface area contributed by atoms with Gasteiger partial charge in [0, 0.05) is 11.8 Å². The lowest BCUT2D eigenvalue weighted by atomic mass is 10.1. The van der Waals surface area contributed by atoms with Gasteiger partial charge in [0.05, 0.1) is 18.1 Å². The first-order valence-corrected chi connectivity index (χ1v) is 4.23. The molecule has 0 aliphatic heterocycles. The van der Waals surface area contributed by atoms with Crippen LogP contribution in [0.2, 0.25) is 0 Å². The monoisotopic (exact) mass is 252 g/mol. The molecule has 1 rings (SSSR count). The van der Waals surface area contributed by atoms with Gasteiger partial charge in [-0.2, -0.15) is 27.2 Å². The van der Waals surface area contributed by atoms with Gasteiger partial charge in [-0.3, -0.25) is 0 Å². The fourth-order valence-electron chi connectivity index (χ4n) is 1.17. The predicted octanol–water partition coefficient (Wildman–Crippen LogP) is 2.77. The topological polar surface area (TPSA) is 45.9 Å². The lowest BCUT2D eigenvalue weighted by molar-refractivity contribution is -0.138. The van der Waals surface area contributed by atoms with Crippen LogP contribution in [-0.2, 0) is 12.6 Å². The minimum absolute atomic E-state index is 0.602. The Bertz CT molecular complexity index is 438. The van der Waals surface area contributed by atoms with Gasteiger partial charge in [-0.25, -0.2) is 4.98 Å². The van der Waals surface area contributed by atoms with Crippen LogP contribution in [0.25, 0.3) is 0 Å². The third kappa shape index (κ3) is 3.27. The van der Waals surface area contributed by atoms with Gasteiger partial charge in [0.15, 0.2) is 0 Å². The molecule has 0 aromatic carbocycles. The zero-order valence-electron chi connectivity index (χ0n) is 8.13. The van der Waals surface area contributed by atoms with Crippen LogP contribution >= 0.6 is 0 Å². The number of hydrogen-bond donors (Lipinski definition) is 0. The number of nitrogens with zero attached hydrogens (tertiary/aromatic N) is 2. The second-order valence-electron chi connectivity index (χ2n) is 2.85. The SMILES string of the molecule is N#CCc1c(C(F)(F)F)ccnc1OC(F)F. The van der Waals surface area contributed by atoms with Crippen molar-refractivity contribution in [3.8, 4) is 11.9 Å². The first kappa shape index (κ1) is 13.2. The summed E-state index contributed by atoms with van der Waals surface area (Å²) in [5, 5.41) is 8.38. The molecule has 0 saturated heterocycles. The largest absolute Gasteiger partial charge is 0.417 e. The summed E-state index contributed by atoms with van der Waals surface area (Å²) in [6.45, 7) is -3.30. The second-order valence-corrected chi connectivity index (χ2v) is 2.85. The smallest absolute Gasteiger partial charge is 0.416 e. The third-order valence-corrected chi connectivity index (χ3v) is 1.78. The summed E-state index contributed by atoms with van der Waals surface area (Å²) in [4.78, 5) is 3.26. The Morgan fingerprint density at radius 1 is 1.41 bits per heavy atom. The maximum absolute atomic E-state index is 12.5. The number of ether oxygens (including phenoxy) is 1. The van der Waals surface area contributed by atoms with Gasteiger partial charge >= 0.3 is 12.8 Å². The summed E-state index contributed by atoms with van der Waals surface area (Å²) in [5.41, 5.74) is -1.90. The summed E-state index contributed by atoms with van der Waals surface area (Å²) in [7, 11) is 0. The number of halogens is 5. The molecule has 0 fully saturated rings. The third-order valence-electron chi connectivity index (χ3n) is 1.78. The molecule has 3 nitrogen and oxygen atoms in total. The van der Waals surface area contributed by atoms with Gasteiger partial charge in [0.25, 0.3) is 0 Å². The van der Waals surface area contributed by atoms with E-state index in [2.05, 4.69) is 9.72 Å². The van der Waals surface area contributed by atoms with E-state index in [0.29, 0.717) is 12.3 Å². The van der Waals surface area contributed by atoms with E-state index in [0.717, 1.165) is 0 Å². The van der Waals surface area contributed by atoms with Crippen molar-refractivity contribution >= 4 is 0 Å². The zero-order chi connectivity index (χ0) is 13.1. The van der Waals surface area contributed by atoms with E-state index < -0.39 is 36.2 Å². The standard InChI is InChI=1S/C9H5F5N2O/c10-8(11)17-7-5(1-3-15)6(2-4-16-7)9(12,13)14/h2,4,8H,1H2. The van der Waals surface area contributed by atoms with E-state index in [-0.39, 0.29) is 0 Å². The van der Waals surface area contributed by atoms with Crippen molar-refractivity contribution in [2.75, 3.05) is 0 Å². The maximum atomic E-state index is 12.5. The molecule has 0 bridgehead atoms. The van der Waals surface area contributed by atoms with E-state index in [9.17, 15) is 22.0 Å². The lowest BCUT2D eigenvalue weighted by Crippen LogP contribution is -2.13. The Kier molecular flexibility index (Phi) is 3.83. The van der Waals surface area contributed by atoms with Crippen molar-refractivity contribution in [3.63, 3.8) is 0 Å². The average Bonchev–Trinajstić information content (AvgIpc) is 2.18. The van der Waals surface area contributed by atoms with Crippen LogP contribution in [0, 0.1) is 11.3 Å². The highest BCUT2D eigenvalue weighted by Gasteiger charge is 2.35. The van der Waals surface area contributed by atoms with Crippen LogP contribution in [0.5, 0.6) is 5.88 Å². The molecule has 8 heteroatoms. The summed E-state index contributed by atoms with van der Waals surface area (Å²) < 4.78 is 65.3. The van der Waals surface area contributed by atoms with E-state index in [4.69, 9.17) is 5.26 Å². The fourth-order valence-corrected chi connectivity index (χ4v) is 1.17. The average molecular weight is 252 g/mol. The molecule has 17 heavy (non-hydrogen) atoms. The molecule has 1 aromatic rings. The molecule has 0 amide bonds. The fraction of sp³-hybridized carbons (Fsp3) is 0.333. The van der Waals surface area contributed by atoms with Gasteiger partial charge in [-0.1, -0.05) is 0 Å². The first-order valence-electron chi connectivity index (χ1n) is 4.23. The molecular weight excluding hydrogens is 247 g/mol. The zero-order valence-corrected chi connectivity index (χ0v) is 8.13. The van der Waals surface area contributed by atoms with E-state index in [1.54, 1.807) is 0 Å². The van der Waals surface area contributed by atoms with Crippen LogP contribution in [0.15, 0.2) is 12.3 Å². The number of aromatic nitrogens is 1. The van der Waals surface area contributed by atoms with Crippen LogP contribution in [0.3, 0.4) is 0 Å². The van der Waals surface area contributed by atoms with Crippen molar-refractivity contribution in [1.82, 2.24) is 4.98 Å². The highest BCUT2D eigenvalue weighted by molar-refractivity contribution is 5.38. The van der Waals surface area contributed by atoms with Crippen molar-refractivity contribution < 1.29 is 26.7 Å². The molecule has 92 valence electrons. The number of rotatable bonds is 3. The molecule has 1 heterocycles. The quantitative estimate of drug-likeness (QED) is 0.777. The van der Waals surface area contributed by atoms with Crippen molar-refractivity contribution in [2.24, 2.45) is 0 Å². The molecule has 1 aromatic heterocycles. The normalized spacial score (nSPS) is 11.4. The van der Waals surface area contributed by atoms with Crippen LogP contribution in [0.1, 0.15) is 11.1 Å². The molecule has 0 aliphatic rings. The van der Waals surface area contributed by atoms with Gasteiger partial charge in [0.1, 0.15) is 0 Å². The molecule has 0 aliphatic carbocycles. The van der Waals surface area contributed by atoms with Crippen LogP contribution in [0.4, 0.5) is 22.0 Å². The Labute approximate surface area is 92.4 Å². The van der Waals surface area contributed by atoms with Gasteiger partial charge in [-0.05, 0) is 6.07 Å². The number of hydrogen-bond acceptors (Lipinski definition) is 3. The van der Waals surface area contributed by atoms with Gasteiger partial charge < -0.3 is 4.74 Å². The molecule has 0 spiro atoms. The highest BCUT2D eigenvalue weighted by Crippen LogP contribution is 2.35. The lowest BCUT2D eigenvalue weighted by Gasteiger charge is -2.13. The number of nitriles is 1. The molecular formula is C9H5F5N2O. The van der Waals surface area contributed by atoms with E-state index >= 15 is 0 Å². The minimum atomic E-state index is -4.75. The Morgan fingerprint density at radius 2 is 2.06 bits per heavy atom. The molecule has 0 saturated carbocycles. The van der Waals surface area contributed by atoms with Gasteiger partial charge in [-0.15, -0.1) is 0 Å². The first-order chi connectivity index (χ1) is 7.86. The maximum Gasteiger partial charge on any atom is 0.416 e. The Morgan fingerprint density at radius 3 is 2.53 bits per heavy atom. The Hall–Kier alpha value is -1.91. The van der Waals surface area contributed by atoms with Crippen molar-refractivity contribution in [1.29, 1.82) is 5.26 Å². The Balaban J connectivity index is 3.28. The highest BCUT2D eigenvalue weighted by atomic mass is 19.4. The summed E-state index contributed by atoms with van der Waals surface area (Å²) in [6.07, 6.45) is -4.78. The molecule has 0 N–H and O–H groups in total. The van der Waals surface area contributed by atoms with Gasteiger partial charge in [0.2, 0.25) is 5.88 Å². The summed E-state index contributed by atoms with van der Waals surface area (Å²) in [5.74, 6) is -0.878. The van der Waals surface area contributed by atoms with Crippen LogP contribution in [-0.4, -0.2) is 11.6 Å². The number of alkyl halides is 5. The van der Waals surface area contributed by atoms with Crippen molar-refractivity contribution in [2.45, 2.75) is 19.2 Å². The van der Waals surface area contributed by atoms with Crippen molar-refractivity contribution in [3.05, 3.63) is 23.4 Å². The summed E-state index contributed by atoms with van der Waals surface area (Å²) >= 11 is 0. The second kappa shape index (κ2) is 4.95. The van der Waals surface area contributed by atoms with E-state index in [1.807, 2.05) is 0 Å². The molecule has 0 unspecified atom stereocenters. The predicted molar refractivity (Wildman–Crippen MR) is 45.2 cm³/mol. The summed E-state index contributed by atoms with van der Waals surface area (Å²) in [6, 6.07) is 2.05. The molecule has 0 radical (unpaired) electrons. The van der Waals surface area contributed by atoms with Crippen LogP contribution < -0.4 is 4.74 Å².